The second-order valence-electron chi connectivity index (χ2n) is 4.74. The summed E-state index contributed by atoms with van der Waals surface area (Å²) in [6, 6.07) is 9.19. The Balaban J connectivity index is 1.74. The molecule has 114 valence electrons. The fourth-order valence-electron chi connectivity index (χ4n) is 2.26. The monoisotopic (exact) mass is 361 g/mol. The van der Waals surface area contributed by atoms with Crippen LogP contribution in [0.25, 0.3) is 20.3 Å². The van der Waals surface area contributed by atoms with E-state index in [0.29, 0.717) is 20.1 Å². The van der Waals surface area contributed by atoms with Crippen molar-refractivity contribution in [2.75, 3.05) is 5.43 Å². The first kappa shape index (κ1) is 14.4. The van der Waals surface area contributed by atoms with Gasteiger partial charge in [-0.25, -0.2) is 9.66 Å². The van der Waals surface area contributed by atoms with E-state index in [-0.39, 0.29) is 5.56 Å². The van der Waals surface area contributed by atoms with Gasteiger partial charge in [-0.15, -0.1) is 22.7 Å². The van der Waals surface area contributed by atoms with Crippen LogP contribution in [-0.4, -0.2) is 15.6 Å². The number of carbonyl (C=O) groups is 1. The van der Waals surface area contributed by atoms with Crippen molar-refractivity contribution in [1.82, 2.24) is 9.66 Å². The molecule has 0 saturated carbocycles. The number of thiophene rings is 2. The van der Waals surface area contributed by atoms with Gasteiger partial charge >= 0.3 is 0 Å². The highest BCUT2D eigenvalue weighted by molar-refractivity contribution is 7.21. The van der Waals surface area contributed by atoms with Crippen LogP contribution in [-0.2, 0) is 0 Å². The second-order valence-corrected chi connectivity index (χ2v) is 7.07. The minimum absolute atomic E-state index is 0.318. The number of rotatable bonds is 2. The lowest BCUT2D eigenvalue weighted by Gasteiger charge is -2.06. The number of carbonyl (C=O) groups excluding carboxylic acids is 1. The number of hydrogen-bond donors (Lipinski definition) is 1. The van der Waals surface area contributed by atoms with E-state index in [1.54, 1.807) is 11.4 Å². The minimum atomic E-state index is -0.435. The smallest absolute Gasteiger partial charge is 0.267 e. The molecule has 0 fully saturated rings. The molecular weight excluding hydrogens is 354 g/mol. The Labute approximate surface area is 142 Å². The molecule has 1 aromatic carbocycles. The highest BCUT2D eigenvalue weighted by Crippen LogP contribution is 2.35. The topological polar surface area (TPSA) is 64.0 Å². The van der Waals surface area contributed by atoms with Crippen LogP contribution in [0.4, 0.5) is 0 Å². The molecule has 0 spiro atoms. The maximum Gasteiger partial charge on any atom is 0.281 e. The van der Waals surface area contributed by atoms with E-state index < -0.39 is 5.91 Å². The predicted molar refractivity (Wildman–Crippen MR) is 94.4 cm³/mol. The van der Waals surface area contributed by atoms with Gasteiger partial charge in [0.2, 0.25) is 0 Å². The summed E-state index contributed by atoms with van der Waals surface area (Å²) in [5, 5.41) is 3.47. The van der Waals surface area contributed by atoms with Gasteiger partial charge in [0.15, 0.2) is 0 Å². The van der Waals surface area contributed by atoms with E-state index in [0.717, 1.165) is 14.8 Å². The first-order valence-electron chi connectivity index (χ1n) is 6.58. The number of halogens is 1. The average Bonchev–Trinajstić information content (AvgIpc) is 3.16. The number of hydrogen-bond acceptors (Lipinski definition) is 5. The summed E-state index contributed by atoms with van der Waals surface area (Å²) in [6.07, 6.45) is 1.31. The van der Waals surface area contributed by atoms with Gasteiger partial charge in [0.25, 0.3) is 11.5 Å². The molecule has 3 aromatic heterocycles. The maximum atomic E-state index is 12.5. The number of nitrogens with one attached hydrogen (secondary N) is 1. The number of amides is 1. The first-order valence-corrected chi connectivity index (χ1v) is 8.66. The van der Waals surface area contributed by atoms with Crippen molar-refractivity contribution < 1.29 is 4.79 Å². The molecule has 4 rings (SSSR count). The number of aromatic nitrogens is 2. The number of fused-ring (bicyclic) bond motifs is 2. The second kappa shape index (κ2) is 5.45. The molecule has 1 N–H and O–H groups in total. The van der Waals surface area contributed by atoms with Crippen LogP contribution >= 0.6 is 34.3 Å². The van der Waals surface area contributed by atoms with E-state index in [1.165, 1.54) is 29.0 Å². The van der Waals surface area contributed by atoms with Gasteiger partial charge in [0.1, 0.15) is 16.0 Å². The fourth-order valence-corrected chi connectivity index (χ4v) is 4.39. The molecule has 0 atom stereocenters. The molecule has 0 aliphatic rings. The van der Waals surface area contributed by atoms with Crippen molar-refractivity contribution >= 4 is 60.5 Å². The molecule has 0 bridgehead atoms. The average molecular weight is 362 g/mol. The van der Waals surface area contributed by atoms with Gasteiger partial charge in [-0.2, -0.15) is 0 Å². The molecule has 0 radical (unpaired) electrons. The molecule has 0 unspecified atom stereocenters. The highest BCUT2D eigenvalue weighted by Gasteiger charge is 2.18. The Hall–Kier alpha value is -2.22. The lowest BCUT2D eigenvalue weighted by atomic mass is 10.2. The van der Waals surface area contributed by atoms with E-state index in [9.17, 15) is 9.59 Å². The first-order chi connectivity index (χ1) is 11.1. The van der Waals surface area contributed by atoms with Crippen LogP contribution in [0, 0.1) is 0 Å². The van der Waals surface area contributed by atoms with Crippen LogP contribution in [0.15, 0.2) is 46.8 Å². The molecule has 3 heterocycles. The third kappa shape index (κ3) is 2.33. The molecule has 4 aromatic rings. The largest absolute Gasteiger partial charge is 0.281 e. The molecule has 0 saturated heterocycles. The maximum absolute atomic E-state index is 12.5. The van der Waals surface area contributed by atoms with Crippen molar-refractivity contribution in [3.63, 3.8) is 0 Å². The summed E-state index contributed by atoms with van der Waals surface area (Å²) in [7, 11) is 0. The van der Waals surface area contributed by atoms with Crippen molar-refractivity contribution in [3.8, 4) is 0 Å². The molecule has 1 amide bonds. The lowest BCUT2D eigenvalue weighted by molar-refractivity contribution is 0.101. The lowest BCUT2D eigenvalue weighted by Crippen LogP contribution is -2.32. The molecule has 8 heteroatoms. The molecule has 0 aliphatic carbocycles. The minimum Gasteiger partial charge on any atom is -0.267 e. The SMILES string of the molecule is O=C(Nn1cnc2sccc2c1=O)c1sc2ccccc2c1Cl. The summed E-state index contributed by atoms with van der Waals surface area (Å²) in [5.74, 6) is -0.435. The van der Waals surface area contributed by atoms with E-state index in [1.807, 2.05) is 24.3 Å². The summed E-state index contributed by atoms with van der Waals surface area (Å²) >= 11 is 8.94. The Morgan fingerprint density at radius 3 is 2.87 bits per heavy atom. The van der Waals surface area contributed by atoms with Crippen LogP contribution in [0.2, 0.25) is 5.02 Å². The Kier molecular flexibility index (Phi) is 3.41. The van der Waals surface area contributed by atoms with Gasteiger partial charge in [-0.3, -0.25) is 15.0 Å². The van der Waals surface area contributed by atoms with Crippen LogP contribution < -0.4 is 11.0 Å². The van der Waals surface area contributed by atoms with Gasteiger partial charge in [0, 0.05) is 10.1 Å². The normalized spacial score (nSPS) is 11.2. The van der Waals surface area contributed by atoms with Crippen LogP contribution in [0.5, 0.6) is 0 Å². The van der Waals surface area contributed by atoms with Crippen molar-refractivity contribution in [2.45, 2.75) is 0 Å². The van der Waals surface area contributed by atoms with Gasteiger partial charge in [-0.05, 0) is 17.5 Å². The van der Waals surface area contributed by atoms with Gasteiger partial charge in [0.05, 0.1) is 10.4 Å². The molecule has 0 aliphatic heterocycles. The number of benzene rings is 1. The third-order valence-corrected chi connectivity index (χ3v) is 5.84. The van der Waals surface area contributed by atoms with Gasteiger partial charge < -0.3 is 0 Å². The molecular formula is C15H8ClN3O2S2. The third-order valence-electron chi connectivity index (χ3n) is 3.35. The molecule has 23 heavy (non-hydrogen) atoms. The summed E-state index contributed by atoms with van der Waals surface area (Å²) in [5.41, 5.74) is 2.23. The molecule has 5 nitrogen and oxygen atoms in total. The van der Waals surface area contributed by atoms with Crippen molar-refractivity contribution in [2.24, 2.45) is 0 Å². The Morgan fingerprint density at radius 2 is 2.04 bits per heavy atom. The Bertz CT molecular complexity index is 1110. The number of nitrogens with zero attached hydrogens (tertiary/aromatic N) is 2. The van der Waals surface area contributed by atoms with Crippen LogP contribution in [0.3, 0.4) is 0 Å². The van der Waals surface area contributed by atoms with E-state index in [4.69, 9.17) is 11.6 Å². The summed E-state index contributed by atoms with van der Waals surface area (Å²) in [6.45, 7) is 0. The predicted octanol–water partition coefficient (Wildman–Crippen LogP) is 3.71. The van der Waals surface area contributed by atoms with E-state index >= 15 is 0 Å². The zero-order chi connectivity index (χ0) is 16.0. The fraction of sp³-hybridized carbons (Fsp3) is 0. The van der Waals surface area contributed by atoms with Gasteiger partial charge in [-0.1, -0.05) is 29.8 Å². The zero-order valence-corrected chi connectivity index (χ0v) is 13.8. The van der Waals surface area contributed by atoms with E-state index in [2.05, 4.69) is 10.4 Å². The standard InChI is InChI=1S/C15H8ClN3O2S2/c16-11-8-3-1-2-4-10(8)23-12(11)13(20)18-19-7-17-14-9(15(19)21)5-6-22-14/h1-7H,(H,18,20). The highest BCUT2D eigenvalue weighted by atomic mass is 35.5. The summed E-state index contributed by atoms with van der Waals surface area (Å²) in [4.78, 5) is 29.9. The zero-order valence-electron chi connectivity index (χ0n) is 11.4. The Morgan fingerprint density at radius 1 is 1.22 bits per heavy atom. The van der Waals surface area contributed by atoms with Crippen molar-refractivity contribution in [1.29, 1.82) is 0 Å². The van der Waals surface area contributed by atoms with Crippen molar-refractivity contribution in [3.05, 3.63) is 62.3 Å². The quantitative estimate of drug-likeness (QED) is 0.592. The van der Waals surface area contributed by atoms with Crippen LogP contribution in [0.1, 0.15) is 9.67 Å². The summed E-state index contributed by atoms with van der Waals surface area (Å²) < 4.78 is 2.00.